The third-order valence-corrected chi connectivity index (χ3v) is 3.42. The summed E-state index contributed by atoms with van der Waals surface area (Å²) in [5.41, 5.74) is 5.26. The van der Waals surface area contributed by atoms with Crippen molar-refractivity contribution in [1.29, 1.82) is 0 Å². The molecule has 0 aliphatic rings. The van der Waals surface area contributed by atoms with Gasteiger partial charge in [0.1, 0.15) is 0 Å². The summed E-state index contributed by atoms with van der Waals surface area (Å²) >= 11 is 5.45. The Hall–Kier alpha value is 0.467. The molecule has 0 aromatic heterocycles. The zero-order valence-electron chi connectivity index (χ0n) is 4.11. The predicted octanol–water partition coefficient (Wildman–Crippen LogP) is 0.536. The van der Waals surface area contributed by atoms with E-state index in [0.717, 1.165) is 0 Å². The van der Waals surface area contributed by atoms with Crippen LogP contribution in [0.2, 0.25) is 13.1 Å². The zero-order valence-corrected chi connectivity index (χ0v) is 6.02. The minimum atomic E-state index is -0.701. The lowest BCUT2D eigenvalue weighted by molar-refractivity contribution is 1.23. The second-order valence-electron chi connectivity index (χ2n) is 1.69. The average Bonchev–Trinajstić information content (AvgIpc) is 1.36. The lowest BCUT2D eigenvalue weighted by Gasteiger charge is -2.01. The molecule has 0 saturated carbocycles. The second-order valence-corrected chi connectivity index (χ2v) is 5.82. The monoisotopic (exact) mass is 123 g/mol. The fourth-order valence-corrected chi connectivity index (χ4v) is 0. The summed E-state index contributed by atoms with van der Waals surface area (Å²) in [4.78, 5) is 0. The highest BCUT2D eigenvalue weighted by Crippen LogP contribution is 1.90. The molecular weight excluding hydrogens is 114 g/mol. The summed E-state index contributed by atoms with van der Waals surface area (Å²) in [6, 6.07) is 0. The van der Waals surface area contributed by atoms with Crippen LogP contribution < -0.4 is 5.73 Å². The Balaban J connectivity index is 2.99. The fraction of sp³-hybridized carbons (Fsp3) is 1.00. The van der Waals surface area contributed by atoms with Crippen LogP contribution in [0.3, 0.4) is 0 Å². The van der Waals surface area contributed by atoms with Crippen molar-refractivity contribution in [2.24, 2.45) is 5.73 Å². The van der Waals surface area contributed by atoms with E-state index in [-0.39, 0.29) is 5.12 Å². The van der Waals surface area contributed by atoms with Crippen molar-refractivity contribution in [2.75, 3.05) is 0 Å². The van der Waals surface area contributed by atoms with Crippen LogP contribution >= 0.6 is 11.6 Å². The molecule has 3 heteroatoms. The lowest BCUT2D eigenvalue weighted by Crippen LogP contribution is -2.27. The Morgan fingerprint density at radius 1 is 1.67 bits per heavy atom. The van der Waals surface area contributed by atoms with E-state index in [2.05, 4.69) is 13.1 Å². The van der Waals surface area contributed by atoms with E-state index in [9.17, 15) is 0 Å². The number of hydrogen-bond acceptors (Lipinski definition) is 1. The van der Waals surface area contributed by atoms with Gasteiger partial charge in [-0.3, -0.25) is 0 Å². The van der Waals surface area contributed by atoms with Crippen molar-refractivity contribution in [2.45, 2.75) is 18.2 Å². The predicted molar refractivity (Wildman–Crippen MR) is 32.7 cm³/mol. The summed E-state index contributed by atoms with van der Waals surface area (Å²) in [6.45, 7) is 4.25. The molecule has 0 radical (unpaired) electrons. The zero-order chi connectivity index (χ0) is 5.15. The molecule has 0 bridgehead atoms. The van der Waals surface area contributed by atoms with Crippen LogP contribution in [-0.2, 0) is 0 Å². The van der Waals surface area contributed by atoms with E-state index in [1.807, 2.05) is 0 Å². The number of hydrogen-bond donors (Lipinski definition) is 1. The van der Waals surface area contributed by atoms with E-state index in [1.54, 1.807) is 0 Å². The maximum atomic E-state index is 5.45. The smallest absolute Gasteiger partial charge is 0.0694 e. The Morgan fingerprint density at radius 2 is 1.83 bits per heavy atom. The van der Waals surface area contributed by atoms with Crippen LogP contribution in [0.1, 0.15) is 0 Å². The number of rotatable bonds is 1. The van der Waals surface area contributed by atoms with Crippen LogP contribution in [0.4, 0.5) is 0 Å². The summed E-state index contributed by atoms with van der Waals surface area (Å²) in [5, 5.41) is -0.0370. The van der Waals surface area contributed by atoms with Gasteiger partial charge in [-0.1, -0.05) is 13.1 Å². The van der Waals surface area contributed by atoms with Crippen molar-refractivity contribution in [3.05, 3.63) is 0 Å². The molecule has 0 aliphatic carbocycles. The standard InChI is InChI=1S/C3H10ClNSi/c1-6(2)3(4)5/h3,6H,5H2,1-2H3. The van der Waals surface area contributed by atoms with Gasteiger partial charge in [0.25, 0.3) is 0 Å². The van der Waals surface area contributed by atoms with Crippen molar-refractivity contribution in [3.8, 4) is 0 Å². The first-order chi connectivity index (χ1) is 2.64. The molecule has 1 atom stereocenters. The first-order valence-corrected chi connectivity index (χ1v) is 5.45. The molecule has 0 rings (SSSR count). The quantitative estimate of drug-likeness (QED) is 0.308. The van der Waals surface area contributed by atoms with Gasteiger partial charge in [0, 0.05) is 0 Å². The molecule has 0 aromatic carbocycles. The molecule has 0 saturated heterocycles. The van der Waals surface area contributed by atoms with E-state index < -0.39 is 8.80 Å². The van der Waals surface area contributed by atoms with Gasteiger partial charge < -0.3 is 5.73 Å². The molecule has 0 amide bonds. The van der Waals surface area contributed by atoms with E-state index in [1.165, 1.54) is 0 Å². The number of halogens is 1. The van der Waals surface area contributed by atoms with Crippen molar-refractivity contribution < 1.29 is 0 Å². The first-order valence-electron chi connectivity index (χ1n) is 2.04. The normalized spacial score (nSPS) is 15.5. The molecule has 1 nitrogen and oxygen atoms in total. The van der Waals surface area contributed by atoms with E-state index >= 15 is 0 Å². The second kappa shape index (κ2) is 2.61. The van der Waals surface area contributed by atoms with Gasteiger partial charge in [-0.15, -0.1) is 11.6 Å². The van der Waals surface area contributed by atoms with Gasteiger partial charge in [-0.25, -0.2) is 0 Å². The van der Waals surface area contributed by atoms with Gasteiger partial charge in [0.2, 0.25) is 0 Å². The van der Waals surface area contributed by atoms with Gasteiger partial charge in [0.05, 0.1) is 13.9 Å². The molecule has 38 valence electrons. The minimum Gasteiger partial charge on any atom is -0.318 e. The maximum Gasteiger partial charge on any atom is 0.0694 e. The highest BCUT2D eigenvalue weighted by molar-refractivity contribution is 6.66. The van der Waals surface area contributed by atoms with E-state index in [0.29, 0.717) is 0 Å². The van der Waals surface area contributed by atoms with Gasteiger partial charge >= 0.3 is 0 Å². The van der Waals surface area contributed by atoms with E-state index in [4.69, 9.17) is 17.3 Å². The molecule has 1 unspecified atom stereocenters. The molecule has 6 heavy (non-hydrogen) atoms. The third-order valence-electron chi connectivity index (χ3n) is 0.637. The highest BCUT2D eigenvalue weighted by Gasteiger charge is 2.00. The van der Waals surface area contributed by atoms with Crippen molar-refractivity contribution in [3.63, 3.8) is 0 Å². The first kappa shape index (κ1) is 6.47. The fourth-order valence-electron chi connectivity index (χ4n) is 0. The summed E-state index contributed by atoms with van der Waals surface area (Å²) < 4.78 is 0. The van der Waals surface area contributed by atoms with Gasteiger partial charge in [-0.2, -0.15) is 0 Å². The van der Waals surface area contributed by atoms with Crippen LogP contribution in [0.5, 0.6) is 0 Å². The Bertz CT molecular complexity index is 31.8. The summed E-state index contributed by atoms with van der Waals surface area (Å²) in [6.07, 6.45) is 0. The van der Waals surface area contributed by atoms with Crippen LogP contribution in [0.25, 0.3) is 0 Å². The highest BCUT2D eigenvalue weighted by atomic mass is 35.5. The topological polar surface area (TPSA) is 26.0 Å². The summed E-state index contributed by atoms with van der Waals surface area (Å²) in [7, 11) is -0.701. The molecule has 0 aromatic rings. The van der Waals surface area contributed by atoms with Crippen molar-refractivity contribution >= 4 is 20.4 Å². The largest absolute Gasteiger partial charge is 0.318 e. The molecule has 0 spiro atoms. The molecular formula is C3H10ClNSi. The van der Waals surface area contributed by atoms with Crippen LogP contribution in [0.15, 0.2) is 0 Å². The minimum absolute atomic E-state index is 0.0370. The van der Waals surface area contributed by atoms with Gasteiger partial charge in [-0.05, 0) is 0 Å². The number of alkyl halides is 1. The van der Waals surface area contributed by atoms with Crippen LogP contribution in [0, 0.1) is 0 Å². The van der Waals surface area contributed by atoms with Crippen molar-refractivity contribution in [1.82, 2.24) is 0 Å². The average molecular weight is 124 g/mol. The molecule has 0 heterocycles. The van der Waals surface area contributed by atoms with Crippen LogP contribution in [-0.4, -0.2) is 13.9 Å². The Kier molecular flexibility index (Phi) is 2.81. The molecule has 0 aliphatic heterocycles. The van der Waals surface area contributed by atoms with Gasteiger partial charge in [0.15, 0.2) is 0 Å². The molecule has 0 fully saturated rings. The number of nitrogens with two attached hydrogens (primary N) is 1. The molecule has 2 N–H and O–H groups in total. The third kappa shape index (κ3) is 2.69. The maximum absolute atomic E-state index is 5.45. The summed E-state index contributed by atoms with van der Waals surface area (Å²) in [5.74, 6) is 0. The Morgan fingerprint density at radius 3 is 1.83 bits per heavy atom. The lowest BCUT2D eigenvalue weighted by atomic mass is 11.5. The SMILES string of the molecule is C[SiH](C)C(N)Cl. The Labute approximate surface area is 45.1 Å².